The molecule has 2 amide bonds. The fourth-order valence-corrected chi connectivity index (χ4v) is 4.04. The number of carbonyl (C=O) groups is 2. The van der Waals surface area contributed by atoms with Crippen LogP contribution in [0.2, 0.25) is 0 Å². The Bertz CT molecular complexity index is 815. The predicted octanol–water partition coefficient (Wildman–Crippen LogP) is 2.01. The maximum Gasteiger partial charge on any atom is 0.274 e. The molecule has 1 aromatic carbocycles. The van der Waals surface area contributed by atoms with Gasteiger partial charge in [-0.05, 0) is 30.9 Å². The van der Waals surface area contributed by atoms with Gasteiger partial charge in [0, 0.05) is 38.1 Å². The number of ether oxygens (including phenoxy) is 1. The van der Waals surface area contributed by atoms with Gasteiger partial charge in [-0.15, -0.1) is 0 Å². The summed E-state index contributed by atoms with van der Waals surface area (Å²) < 4.78 is 5.67. The Hall–Kier alpha value is -2.96. The third kappa shape index (κ3) is 4.13. The average molecular weight is 380 g/mol. The molecule has 0 radical (unpaired) electrons. The monoisotopic (exact) mass is 380 g/mol. The Morgan fingerprint density at radius 2 is 1.93 bits per heavy atom. The Morgan fingerprint density at radius 3 is 2.71 bits per heavy atom. The van der Waals surface area contributed by atoms with E-state index in [1.165, 1.54) is 12.4 Å². The number of carbonyl (C=O) groups excluding carboxylic acids is 2. The molecule has 0 saturated carbocycles. The van der Waals surface area contributed by atoms with Crippen molar-refractivity contribution in [3.8, 4) is 5.75 Å². The fourth-order valence-electron chi connectivity index (χ4n) is 4.04. The summed E-state index contributed by atoms with van der Waals surface area (Å²) in [4.78, 5) is 37.5. The van der Waals surface area contributed by atoms with Crippen LogP contribution in [0, 0.1) is 5.92 Å². The summed E-state index contributed by atoms with van der Waals surface area (Å²) in [5.41, 5.74) is 0.359. The van der Waals surface area contributed by atoms with Crippen LogP contribution in [-0.2, 0) is 4.79 Å². The lowest BCUT2D eigenvalue weighted by Gasteiger charge is -2.36. The number of hydrogen-bond acceptors (Lipinski definition) is 5. The summed E-state index contributed by atoms with van der Waals surface area (Å²) in [7, 11) is 0. The molecule has 0 aliphatic carbocycles. The molecule has 3 aliphatic heterocycles. The largest absolute Gasteiger partial charge is 0.493 e. The van der Waals surface area contributed by atoms with Gasteiger partial charge < -0.3 is 14.5 Å². The average Bonchev–Trinajstić information content (AvgIpc) is 3.07. The highest BCUT2D eigenvalue weighted by atomic mass is 16.5. The lowest BCUT2D eigenvalue weighted by molar-refractivity contribution is -0.135. The number of rotatable bonds is 5. The van der Waals surface area contributed by atoms with Gasteiger partial charge in [0.05, 0.1) is 19.2 Å². The highest BCUT2D eigenvalue weighted by Crippen LogP contribution is 2.29. The van der Waals surface area contributed by atoms with Crippen LogP contribution in [0.4, 0.5) is 0 Å². The van der Waals surface area contributed by atoms with E-state index in [1.54, 1.807) is 6.20 Å². The van der Waals surface area contributed by atoms with Crippen molar-refractivity contribution in [3.05, 3.63) is 54.6 Å². The topological polar surface area (TPSA) is 75.6 Å². The van der Waals surface area contributed by atoms with Crippen LogP contribution in [0.5, 0.6) is 5.75 Å². The minimum atomic E-state index is -0.105. The number of aromatic nitrogens is 2. The molecule has 3 aliphatic rings. The zero-order valence-electron chi connectivity index (χ0n) is 15.7. The highest BCUT2D eigenvalue weighted by Gasteiger charge is 2.38. The molecule has 0 unspecified atom stereocenters. The Labute approximate surface area is 164 Å². The molecule has 5 rings (SSSR count). The minimum absolute atomic E-state index is 0.0589. The molecule has 2 atom stereocenters. The van der Waals surface area contributed by atoms with Gasteiger partial charge in [-0.2, -0.15) is 0 Å². The SMILES string of the molecule is O=C(c1cnccn1)N1C[C@H]2CC[C@@H](C1)N(C(=O)CCOc1ccccc1)C2. The van der Waals surface area contributed by atoms with E-state index in [2.05, 4.69) is 9.97 Å². The molecule has 0 spiro atoms. The lowest BCUT2D eigenvalue weighted by atomic mass is 9.95. The van der Waals surface area contributed by atoms with Gasteiger partial charge in [0.2, 0.25) is 5.91 Å². The van der Waals surface area contributed by atoms with Gasteiger partial charge in [0.25, 0.3) is 5.91 Å². The summed E-state index contributed by atoms with van der Waals surface area (Å²) in [6.07, 6.45) is 6.90. The molecule has 28 heavy (non-hydrogen) atoms. The van der Waals surface area contributed by atoms with Crippen LogP contribution in [0.15, 0.2) is 48.9 Å². The Kier molecular flexibility index (Phi) is 5.50. The van der Waals surface area contributed by atoms with Gasteiger partial charge in [-0.3, -0.25) is 14.6 Å². The molecular formula is C21H24N4O3. The molecule has 4 heterocycles. The predicted molar refractivity (Wildman–Crippen MR) is 103 cm³/mol. The van der Waals surface area contributed by atoms with E-state index in [9.17, 15) is 9.59 Å². The van der Waals surface area contributed by atoms with Crippen molar-refractivity contribution in [1.29, 1.82) is 0 Å². The fraction of sp³-hybridized carbons (Fsp3) is 0.429. The molecule has 3 fully saturated rings. The second kappa shape index (κ2) is 8.37. The first-order valence-corrected chi connectivity index (χ1v) is 9.73. The van der Waals surface area contributed by atoms with E-state index >= 15 is 0 Å². The van der Waals surface area contributed by atoms with E-state index < -0.39 is 0 Å². The highest BCUT2D eigenvalue weighted by molar-refractivity contribution is 5.92. The van der Waals surface area contributed by atoms with Crippen LogP contribution in [0.3, 0.4) is 0 Å². The molecule has 7 nitrogen and oxygen atoms in total. The zero-order chi connectivity index (χ0) is 19.3. The van der Waals surface area contributed by atoms with Gasteiger partial charge in [-0.25, -0.2) is 4.98 Å². The van der Waals surface area contributed by atoms with E-state index in [-0.39, 0.29) is 17.9 Å². The maximum absolute atomic E-state index is 12.8. The molecule has 2 aromatic rings. The number of nitrogens with zero attached hydrogens (tertiary/aromatic N) is 4. The second-order valence-electron chi connectivity index (χ2n) is 7.36. The summed E-state index contributed by atoms with van der Waals surface area (Å²) in [5, 5.41) is 0. The molecule has 7 heteroatoms. The standard InChI is InChI=1S/C21H24N4O3/c26-20(8-11-28-18-4-2-1-3-5-18)25-14-16-6-7-17(25)15-24(13-16)21(27)19-12-22-9-10-23-19/h1-5,9-10,12,16-17H,6-8,11,13-15H2/t16-,17+/m1/s1. The van der Waals surface area contributed by atoms with Crippen molar-refractivity contribution in [2.24, 2.45) is 5.92 Å². The Morgan fingerprint density at radius 1 is 1.07 bits per heavy atom. The van der Waals surface area contributed by atoms with Crippen molar-refractivity contribution in [2.45, 2.75) is 25.3 Å². The van der Waals surface area contributed by atoms with Crippen LogP contribution in [0.25, 0.3) is 0 Å². The van der Waals surface area contributed by atoms with Crippen molar-refractivity contribution in [1.82, 2.24) is 19.8 Å². The molecule has 3 saturated heterocycles. The summed E-state index contributed by atoms with van der Waals surface area (Å²) in [6, 6.07) is 9.58. The van der Waals surface area contributed by atoms with Crippen molar-refractivity contribution in [2.75, 3.05) is 26.2 Å². The molecular weight excluding hydrogens is 356 g/mol. The number of piperidine rings is 1. The quantitative estimate of drug-likeness (QED) is 0.793. The first-order chi connectivity index (χ1) is 13.7. The van der Waals surface area contributed by atoms with Crippen molar-refractivity contribution in [3.63, 3.8) is 0 Å². The lowest BCUT2D eigenvalue weighted by Crippen LogP contribution is -2.48. The molecule has 0 N–H and O–H groups in total. The number of fused-ring (bicyclic) bond motifs is 4. The number of benzene rings is 1. The van der Waals surface area contributed by atoms with Crippen LogP contribution < -0.4 is 4.74 Å². The molecule has 1 aromatic heterocycles. The van der Waals surface area contributed by atoms with E-state index in [0.717, 1.165) is 18.6 Å². The first-order valence-electron chi connectivity index (χ1n) is 9.73. The van der Waals surface area contributed by atoms with Gasteiger partial charge >= 0.3 is 0 Å². The normalized spacial score (nSPS) is 21.3. The third-order valence-corrected chi connectivity index (χ3v) is 5.43. The van der Waals surface area contributed by atoms with Gasteiger partial charge in [0.15, 0.2) is 0 Å². The van der Waals surface area contributed by atoms with E-state index in [0.29, 0.717) is 44.3 Å². The summed E-state index contributed by atoms with van der Waals surface area (Å²) in [5.74, 6) is 1.07. The number of amides is 2. The smallest absolute Gasteiger partial charge is 0.274 e. The molecule has 146 valence electrons. The molecule has 2 bridgehead atoms. The third-order valence-electron chi connectivity index (χ3n) is 5.43. The first kappa shape index (κ1) is 18.4. The van der Waals surface area contributed by atoms with E-state index in [4.69, 9.17) is 4.74 Å². The van der Waals surface area contributed by atoms with E-state index in [1.807, 2.05) is 40.1 Å². The van der Waals surface area contributed by atoms with Gasteiger partial charge in [-0.1, -0.05) is 18.2 Å². The van der Waals surface area contributed by atoms with Crippen molar-refractivity contribution >= 4 is 11.8 Å². The Balaban J connectivity index is 1.36. The summed E-state index contributed by atoms with van der Waals surface area (Å²) >= 11 is 0. The number of para-hydroxylation sites is 1. The summed E-state index contributed by atoms with van der Waals surface area (Å²) in [6.45, 7) is 2.28. The minimum Gasteiger partial charge on any atom is -0.493 e. The van der Waals surface area contributed by atoms with Crippen molar-refractivity contribution < 1.29 is 14.3 Å². The van der Waals surface area contributed by atoms with Crippen LogP contribution in [-0.4, -0.2) is 63.9 Å². The number of hydrogen-bond donors (Lipinski definition) is 0. The van der Waals surface area contributed by atoms with Crippen LogP contribution in [0.1, 0.15) is 29.8 Å². The van der Waals surface area contributed by atoms with Gasteiger partial charge in [0.1, 0.15) is 11.4 Å². The second-order valence-corrected chi connectivity index (χ2v) is 7.36. The van der Waals surface area contributed by atoms with Crippen LogP contribution >= 0.6 is 0 Å². The maximum atomic E-state index is 12.8. The zero-order valence-corrected chi connectivity index (χ0v) is 15.7.